The van der Waals surface area contributed by atoms with Crippen LogP contribution in [0.3, 0.4) is 0 Å². The molecule has 0 aromatic carbocycles. The van der Waals surface area contributed by atoms with E-state index in [4.69, 9.17) is 0 Å². The first-order valence-corrected chi connectivity index (χ1v) is 7.45. The molecular formula is C14H20N2O2S. The second-order valence-electron chi connectivity index (χ2n) is 5.41. The van der Waals surface area contributed by atoms with Crippen molar-refractivity contribution in [2.45, 2.75) is 26.3 Å². The Kier molecular flexibility index (Phi) is 4.24. The molecule has 1 fully saturated rings. The van der Waals surface area contributed by atoms with Gasteiger partial charge in [0, 0.05) is 24.9 Å². The van der Waals surface area contributed by atoms with Crippen molar-refractivity contribution >= 4 is 23.2 Å². The Labute approximate surface area is 117 Å². The maximum absolute atomic E-state index is 12.3. The minimum atomic E-state index is -0.269. The lowest BCUT2D eigenvalue weighted by molar-refractivity contribution is -0.128. The van der Waals surface area contributed by atoms with E-state index in [2.05, 4.69) is 19.2 Å². The molecule has 2 rings (SSSR count). The van der Waals surface area contributed by atoms with Gasteiger partial charge in [0.25, 0.3) is 0 Å². The van der Waals surface area contributed by atoms with E-state index >= 15 is 0 Å². The van der Waals surface area contributed by atoms with Gasteiger partial charge in [-0.05, 0) is 17.4 Å². The second-order valence-corrected chi connectivity index (χ2v) is 6.39. The molecule has 2 heterocycles. The predicted octanol–water partition coefficient (Wildman–Crippen LogP) is 2.04. The van der Waals surface area contributed by atoms with Crippen molar-refractivity contribution in [1.82, 2.24) is 10.2 Å². The van der Waals surface area contributed by atoms with Crippen molar-refractivity contribution in [1.29, 1.82) is 0 Å². The fourth-order valence-corrected chi connectivity index (χ4v) is 3.32. The topological polar surface area (TPSA) is 49.4 Å². The van der Waals surface area contributed by atoms with Gasteiger partial charge in [-0.2, -0.15) is 0 Å². The Morgan fingerprint density at radius 1 is 1.58 bits per heavy atom. The Bertz CT molecular complexity index is 456. The van der Waals surface area contributed by atoms with Crippen LogP contribution in [-0.4, -0.2) is 30.3 Å². The van der Waals surface area contributed by atoms with Crippen LogP contribution in [0.2, 0.25) is 0 Å². The van der Waals surface area contributed by atoms with Crippen molar-refractivity contribution in [3.8, 4) is 0 Å². The van der Waals surface area contributed by atoms with E-state index in [-0.39, 0.29) is 23.8 Å². The van der Waals surface area contributed by atoms with Crippen LogP contribution in [0, 0.1) is 11.8 Å². The van der Waals surface area contributed by atoms with Crippen molar-refractivity contribution in [3.05, 3.63) is 22.4 Å². The summed E-state index contributed by atoms with van der Waals surface area (Å²) in [4.78, 5) is 26.9. The number of nitrogens with zero attached hydrogens (tertiary/aromatic N) is 1. The van der Waals surface area contributed by atoms with E-state index in [1.54, 1.807) is 23.3 Å². The van der Waals surface area contributed by atoms with E-state index in [9.17, 15) is 9.59 Å². The lowest BCUT2D eigenvalue weighted by Gasteiger charge is -2.23. The van der Waals surface area contributed by atoms with Crippen LogP contribution in [-0.2, 0) is 9.59 Å². The van der Waals surface area contributed by atoms with E-state index < -0.39 is 0 Å². The lowest BCUT2D eigenvalue weighted by Crippen LogP contribution is -2.36. The van der Waals surface area contributed by atoms with Crippen LogP contribution in [0.15, 0.2) is 17.5 Å². The Balaban J connectivity index is 2.14. The van der Waals surface area contributed by atoms with Crippen LogP contribution >= 0.6 is 11.3 Å². The average Bonchev–Trinajstić information content (AvgIpc) is 2.96. The van der Waals surface area contributed by atoms with E-state index in [0.29, 0.717) is 18.9 Å². The van der Waals surface area contributed by atoms with Gasteiger partial charge in [0.1, 0.15) is 0 Å². The van der Waals surface area contributed by atoms with Gasteiger partial charge in [0.15, 0.2) is 0 Å². The van der Waals surface area contributed by atoms with Crippen LogP contribution in [0.25, 0.3) is 0 Å². The van der Waals surface area contributed by atoms with Gasteiger partial charge >= 0.3 is 0 Å². The number of amides is 2. The number of thiophene rings is 1. The molecule has 1 saturated heterocycles. The molecule has 2 atom stereocenters. The van der Waals surface area contributed by atoms with E-state index in [1.807, 2.05) is 17.5 Å². The van der Waals surface area contributed by atoms with E-state index in [0.717, 1.165) is 4.88 Å². The summed E-state index contributed by atoms with van der Waals surface area (Å²) in [5, 5.41) is 4.93. The third-order valence-corrected chi connectivity index (χ3v) is 4.39. The van der Waals surface area contributed by atoms with Crippen LogP contribution in [0.5, 0.6) is 0 Å². The van der Waals surface area contributed by atoms with Gasteiger partial charge in [0.2, 0.25) is 11.8 Å². The standard InChI is InChI=1S/C14H20N2O2S/c1-9(2)8-15-14(18)10-7-12(17)16(3)13(10)11-5-4-6-19-11/h4-6,9-10,13H,7-8H2,1-3H3,(H,15,18)/t10-,13+/m0/s1. The quantitative estimate of drug-likeness (QED) is 0.917. The highest BCUT2D eigenvalue weighted by atomic mass is 32.1. The fourth-order valence-electron chi connectivity index (χ4n) is 2.39. The number of nitrogens with one attached hydrogen (secondary N) is 1. The molecule has 1 aliphatic heterocycles. The largest absolute Gasteiger partial charge is 0.356 e. The Hall–Kier alpha value is -1.36. The molecule has 0 aliphatic carbocycles. The first-order chi connectivity index (χ1) is 9.00. The highest BCUT2D eigenvalue weighted by Crippen LogP contribution is 2.38. The third kappa shape index (κ3) is 2.97. The molecule has 1 N–H and O–H groups in total. The molecular weight excluding hydrogens is 260 g/mol. The van der Waals surface area contributed by atoms with Crippen molar-refractivity contribution in [3.63, 3.8) is 0 Å². The summed E-state index contributed by atoms with van der Waals surface area (Å²) in [6, 6.07) is 3.84. The number of hydrogen-bond donors (Lipinski definition) is 1. The van der Waals surface area contributed by atoms with E-state index in [1.165, 1.54) is 0 Å². The molecule has 0 spiro atoms. The van der Waals surface area contributed by atoms with Gasteiger partial charge in [-0.1, -0.05) is 19.9 Å². The highest BCUT2D eigenvalue weighted by molar-refractivity contribution is 7.10. The SMILES string of the molecule is CC(C)CNC(=O)[C@H]1CC(=O)N(C)[C@H]1c1cccs1. The van der Waals surface area contributed by atoms with Crippen LogP contribution < -0.4 is 5.32 Å². The summed E-state index contributed by atoms with van der Waals surface area (Å²) in [7, 11) is 1.78. The zero-order chi connectivity index (χ0) is 14.0. The highest BCUT2D eigenvalue weighted by Gasteiger charge is 2.42. The number of likely N-dealkylation sites (tertiary alicyclic amines) is 1. The predicted molar refractivity (Wildman–Crippen MR) is 75.8 cm³/mol. The minimum absolute atomic E-state index is 0.00944. The third-order valence-electron chi connectivity index (χ3n) is 3.44. The second kappa shape index (κ2) is 5.74. The zero-order valence-corrected chi connectivity index (χ0v) is 12.4. The van der Waals surface area contributed by atoms with Gasteiger partial charge in [-0.3, -0.25) is 9.59 Å². The molecule has 0 saturated carbocycles. The molecule has 5 heteroatoms. The average molecular weight is 280 g/mol. The van der Waals surface area contributed by atoms with Gasteiger partial charge in [-0.25, -0.2) is 0 Å². The molecule has 19 heavy (non-hydrogen) atoms. The normalized spacial score (nSPS) is 23.2. The number of rotatable bonds is 4. The van der Waals surface area contributed by atoms with Crippen molar-refractivity contribution in [2.24, 2.45) is 11.8 Å². The molecule has 4 nitrogen and oxygen atoms in total. The first-order valence-electron chi connectivity index (χ1n) is 6.57. The van der Waals surface area contributed by atoms with Crippen LogP contribution in [0.1, 0.15) is 31.2 Å². The van der Waals surface area contributed by atoms with Gasteiger partial charge < -0.3 is 10.2 Å². The zero-order valence-electron chi connectivity index (χ0n) is 11.6. The summed E-state index contributed by atoms with van der Waals surface area (Å²) in [6.07, 6.45) is 0.309. The molecule has 1 aromatic heterocycles. The van der Waals surface area contributed by atoms with Crippen molar-refractivity contribution < 1.29 is 9.59 Å². The summed E-state index contributed by atoms with van der Waals surface area (Å²) in [5.41, 5.74) is 0. The number of hydrogen-bond acceptors (Lipinski definition) is 3. The molecule has 1 aromatic rings. The fraction of sp³-hybridized carbons (Fsp3) is 0.571. The summed E-state index contributed by atoms with van der Waals surface area (Å²) >= 11 is 1.60. The molecule has 0 bridgehead atoms. The maximum atomic E-state index is 12.3. The number of carbonyl (C=O) groups is 2. The molecule has 0 unspecified atom stereocenters. The Morgan fingerprint density at radius 2 is 2.32 bits per heavy atom. The molecule has 104 valence electrons. The minimum Gasteiger partial charge on any atom is -0.356 e. The molecule has 0 radical (unpaired) electrons. The summed E-state index contributed by atoms with van der Waals surface area (Å²) in [6.45, 7) is 4.77. The molecule has 2 amide bonds. The summed E-state index contributed by atoms with van der Waals surface area (Å²) in [5.74, 6) is 0.182. The maximum Gasteiger partial charge on any atom is 0.226 e. The van der Waals surface area contributed by atoms with Crippen LogP contribution in [0.4, 0.5) is 0 Å². The van der Waals surface area contributed by atoms with Gasteiger partial charge in [-0.15, -0.1) is 11.3 Å². The van der Waals surface area contributed by atoms with Crippen molar-refractivity contribution in [2.75, 3.05) is 13.6 Å². The monoisotopic (exact) mass is 280 g/mol. The Morgan fingerprint density at radius 3 is 2.89 bits per heavy atom. The van der Waals surface area contributed by atoms with Gasteiger partial charge in [0.05, 0.1) is 12.0 Å². The molecule has 1 aliphatic rings. The smallest absolute Gasteiger partial charge is 0.226 e. The first kappa shape index (κ1) is 14.1. The number of carbonyl (C=O) groups excluding carboxylic acids is 2. The summed E-state index contributed by atoms with van der Waals surface area (Å²) < 4.78 is 0. The lowest BCUT2D eigenvalue weighted by atomic mass is 9.97.